The number of para-hydroxylation sites is 1. The van der Waals surface area contributed by atoms with Crippen LogP contribution in [-0.4, -0.2) is 12.4 Å². The van der Waals surface area contributed by atoms with E-state index in [4.69, 9.17) is 4.74 Å². The van der Waals surface area contributed by atoms with Gasteiger partial charge in [-0.2, -0.15) is 0 Å². The average molecular weight is 244 g/mol. The van der Waals surface area contributed by atoms with Crippen LogP contribution in [0.25, 0.3) is 0 Å². The summed E-state index contributed by atoms with van der Waals surface area (Å²) in [4.78, 5) is 12.1. The molecule has 0 aromatic heterocycles. The van der Waals surface area contributed by atoms with Crippen molar-refractivity contribution in [2.75, 3.05) is 6.61 Å². The zero-order valence-electron chi connectivity index (χ0n) is 10.7. The molecule has 3 unspecified atom stereocenters. The highest BCUT2D eigenvalue weighted by atomic mass is 16.5. The molecule has 0 amide bonds. The summed E-state index contributed by atoms with van der Waals surface area (Å²) < 4.78 is 5.60. The van der Waals surface area contributed by atoms with Crippen molar-refractivity contribution in [3.8, 4) is 5.75 Å². The minimum atomic E-state index is 0.350. The monoisotopic (exact) mass is 244 g/mol. The first-order valence-electron chi connectivity index (χ1n) is 7.03. The Labute approximate surface area is 108 Å². The van der Waals surface area contributed by atoms with Gasteiger partial charge in [-0.05, 0) is 43.2 Å². The molecule has 2 aliphatic rings. The highest BCUT2D eigenvalue weighted by Gasteiger charge is 2.42. The van der Waals surface area contributed by atoms with Crippen molar-refractivity contribution in [3.63, 3.8) is 0 Å². The molecule has 3 atom stereocenters. The Balaban J connectivity index is 1.45. The van der Waals surface area contributed by atoms with E-state index in [2.05, 4.69) is 0 Å². The highest BCUT2D eigenvalue weighted by Crippen LogP contribution is 2.48. The number of carbonyl (C=O) groups excluding carboxylic acids is 1. The van der Waals surface area contributed by atoms with Crippen LogP contribution in [-0.2, 0) is 4.79 Å². The molecular weight excluding hydrogens is 224 g/mol. The lowest BCUT2D eigenvalue weighted by Gasteiger charge is -2.20. The van der Waals surface area contributed by atoms with Crippen molar-refractivity contribution in [1.29, 1.82) is 0 Å². The summed E-state index contributed by atoms with van der Waals surface area (Å²) in [6.45, 7) is 0.525. The van der Waals surface area contributed by atoms with Crippen LogP contribution in [0.3, 0.4) is 0 Å². The zero-order chi connectivity index (χ0) is 12.4. The standard InChI is InChI=1S/C16H20O2/c17-16(15-11-12-6-7-13(15)10-12)8-9-18-14-4-2-1-3-5-14/h1-5,12-13,15H,6-11H2. The Kier molecular flexibility index (Phi) is 3.35. The predicted molar refractivity (Wildman–Crippen MR) is 70.5 cm³/mol. The van der Waals surface area contributed by atoms with Gasteiger partial charge in [0.25, 0.3) is 0 Å². The molecule has 0 heterocycles. The molecule has 2 fully saturated rings. The fraction of sp³-hybridized carbons (Fsp3) is 0.562. The lowest BCUT2D eigenvalue weighted by Crippen LogP contribution is -2.22. The number of benzene rings is 1. The maximum absolute atomic E-state index is 12.1. The van der Waals surface area contributed by atoms with E-state index in [9.17, 15) is 4.79 Å². The number of Topliss-reactive ketones (excluding diaryl/α,β-unsaturated/α-hetero) is 1. The second-order valence-electron chi connectivity index (χ2n) is 5.66. The maximum atomic E-state index is 12.1. The molecule has 0 aliphatic heterocycles. The normalized spacial score (nSPS) is 29.4. The summed E-state index contributed by atoms with van der Waals surface area (Å²) in [5.41, 5.74) is 0. The summed E-state index contributed by atoms with van der Waals surface area (Å²) >= 11 is 0. The van der Waals surface area contributed by atoms with E-state index < -0.39 is 0 Å². The fourth-order valence-electron chi connectivity index (χ4n) is 3.61. The summed E-state index contributed by atoms with van der Waals surface area (Å²) in [5.74, 6) is 3.18. The van der Waals surface area contributed by atoms with Crippen molar-refractivity contribution in [1.82, 2.24) is 0 Å². The number of hydrogen-bond acceptors (Lipinski definition) is 2. The number of hydrogen-bond donors (Lipinski definition) is 0. The Morgan fingerprint density at radius 2 is 2.00 bits per heavy atom. The molecule has 0 saturated heterocycles. The van der Waals surface area contributed by atoms with Crippen LogP contribution >= 0.6 is 0 Å². The van der Waals surface area contributed by atoms with E-state index in [1.807, 2.05) is 30.3 Å². The number of ketones is 1. The van der Waals surface area contributed by atoms with Gasteiger partial charge in [0.1, 0.15) is 11.5 Å². The number of fused-ring (bicyclic) bond motifs is 2. The molecule has 2 bridgehead atoms. The first-order chi connectivity index (χ1) is 8.83. The Bertz CT molecular complexity index is 412. The molecule has 18 heavy (non-hydrogen) atoms. The summed E-state index contributed by atoms with van der Waals surface area (Å²) in [6, 6.07) is 9.73. The molecule has 2 saturated carbocycles. The number of carbonyl (C=O) groups is 1. The van der Waals surface area contributed by atoms with Crippen LogP contribution in [0.4, 0.5) is 0 Å². The van der Waals surface area contributed by atoms with Gasteiger partial charge >= 0.3 is 0 Å². The second-order valence-corrected chi connectivity index (χ2v) is 5.66. The molecule has 0 radical (unpaired) electrons. The van der Waals surface area contributed by atoms with Gasteiger partial charge in [-0.1, -0.05) is 24.6 Å². The topological polar surface area (TPSA) is 26.3 Å². The lowest BCUT2D eigenvalue weighted by molar-refractivity contribution is -0.124. The number of rotatable bonds is 5. The lowest BCUT2D eigenvalue weighted by atomic mass is 9.85. The minimum Gasteiger partial charge on any atom is -0.493 e. The van der Waals surface area contributed by atoms with Crippen LogP contribution in [0.5, 0.6) is 5.75 Å². The molecule has 96 valence electrons. The fourth-order valence-corrected chi connectivity index (χ4v) is 3.61. The smallest absolute Gasteiger partial charge is 0.139 e. The highest BCUT2D eigenvalue weighted by molar-refractivity contribution is 5.81. The Morgan fingerprint density at radius 3 is 2.67 bits per heavy atom. The molecule has 2 nitrogen and oxygen atoms in total. The van der Waals surface area contributed by atoms with Crippen molar-refractivity contribution < 1.29 is 9.53 Å². The van der Waals surface area contributed by atoms with E-state index in [1.165, 1.54) is 19.3 Å². The zero-order valence-corrected chi connectivity index (χ0v) is 10.7. The summed E-state index contributed by atoms with van der Waals surface area (Å²) in [5, 5.41) is 0. The van der Waals surface area contributed by atoms with Crippen LogP contribution in [0.15, 0.2) is 30.3 Å². The Hall–Kier alpha value is -1.31. The molecule has 1 aromatic carbocycles. The van der Waals surface area contributed by atoms with Crippen molar-refractivity contribution in [2.24, 2.45) is 17.8 Å². The quantitative estimate of drug-likeness (QED) is 0.793. The first kappa shape index (κ1) is 11.8. The molecular formula is C16H20O2. The van der Waals surface area contributed by atoms with Gasteiger partial charge in [-0.25, -0.2) is 0 Å². The van der Waals surface area contributed by atoms with E-state index in [-0.39, 0.29) is 0 Å². The largest absolute Gasteiger partial charge is 0.493 e. The van der Waals surface area contributed by atoms with E-state index in [0.29, 0.717) is 30.6 Å². The molecule has 3 rings (SSSR count). The SMILES string of the molecule is O=C(CCOc1ccccc1)C1CC2CCC1C2. The summed E-state index contributed by atoms with van der Waals surface area (Å²) in [7, 11) is 0. The molecule has 2 aliphatic carbocycles. The van der Waals surface area contributed by atoms with Gasteiger partial charge in [-0.3, -0.25) is 4.79 Å². The van der Waals surface area contributed by atoms with Gasteiger partial charge in [0.15, 0.2) is 0 Å². The van der Waals surface area contributed by atoms with Crippen LogP contribution < -0.4 is 4.74 Å². The molecule has 0 N–H and O–H groups in total. The van der Waals surface area contributed by atoms with E-state index >= 15 is 0 Å². The average Bonchev–Trinajstić information content (AvgIpc) is 3.02. The molecule has 2 heteroatoms. The van der Waals surface area contributed by atoms with E-state index in [1.54, 1.807) is 0 Å². The van der Waals surface area contributed by atoms with Crippen LogP contribution in [0, 0.1) is 17.8 Å². The number of ether oxygens (including phenoxy) is 1. The van der Waals surface area contributed by atoms with Crippen LogP contribution in [0.2, 0.25) is 0 Å². The molecule has 0 spiro atoms. The van der Waals surface area contributed by atoms with Gasteiger partial charge in [0.2, 0.25) is 0 Å². The van der Waals surface area contributed by atoms with Gasteiger partial charge < -0.3 is 4.74 Å². The first-order valence-corrected chi connectivity index (χ1v) is 7.03. The minimum absolute atomic E-state index is 0.350. The third-order valence-electron chi connectivity index (χ3n) is 4.51. The predicted octanol–water partition coefficient (Wildman–Crippen LogP) is 3.46. The third-order valence-corrected chi connectivity index (χ3v) is 4.51. The Morgan fingerprint density at radius 1 is 1.17 bits per heavy atom. The van der Waals surface area contributed by atoms with Gasteiger partial charge in [0.05, 0.1) is 6.61 Å². The summed E-state index contributed by atoms with van der Waals surface area (Å²) in [6.07, 6.45) is 5.66. The van der Waals surface area contributed by atoms with Crippen molar-refractivity contribution in [3.05, 3.63) is 30.3 Å². The third kappa shape index (κ3) is 2.43. The maximum Gasteiger partial charge on any atom is 0.139 e. The van der Waals surface area contributed by atoms with Gasteiger partial charge in [-0.15, -0.1) is 0 Å². The van der Waals surface area contributed by atoms with Crippen molar-refractivity contribution >= 4 is 5.78 Å². The van der Waals surface area contributed by atoms with Gasteiger partial charge in [0, 0.05) is 12.3 Å². The van der Waals surface area contributed by atoms with Crippen LogP contribution in [0.1, 0.15) is 32.1 Å². The molecule has 1 aromatic rings. The second kappa shape index (κ2) is 5.13. The van der Waals surface area contributed by atoms with E-state index in [0.717, 1.165) is 18.1 Å². The van der Waals surface area contributed by atoms with Crippen molar-refractivity contribution in [2.45, 2.75) is 32.1 Å².